The molecule has 0 fully saturated rings. The van der Waals surface area contributed by atoms with E-state index in [1.54, 1.807) is 31.2 Å². The second-order valence-corrected chi connectivity index (χ2v) is 4.23. The smallest absolute Gasteiger partial charge is 0.236 e. The maximum absolute atomic E-state index is 13.8. The monoisotopic (exact) mass is 269 g/mol. The lowest BCUT2D eigenvalue weighted by atomic mass is 10.1. The molecule has 5 nitrogen and oxygen atoms in total. The molecule has 6 heteroatoms. The molecule has 1 aromatic carbocycles. The molecule has 1 aromatic rings. The van der Waals surface area contributed by atoms with Crippen LogP contribution in [-0.4, -0.2) is 39.8 Å². The zero-order valence-corrected chi connectivity index (χ0v) is 11.3. The maximum atomic E-state index is 13.8. The average Bonchev–Trinajstić information content (AvgIpc) is 2.35. The van der Waals surface area contributed by atoms with Crippen molar-refractivity contribution in [1.29, 1.82) is 0 Å². The highest BCUT2D eigenvalue weighted by molar-refractivity contribution is 5.79. The molecule has 0 aliphatic carbocycles. The van der Waals surface area contributed by atoms with Gasteiger partial charge in [-0.05, 0) is 12.1 Å². The largest absolute Gasteiger partial charge is 0.383 e. The van der Waals surface area contributed by atoms with Gasteiger partial charge in [-0.25, -0.2) is 4.39 Å². The van der Waals surface area contributed by atoms with E-state index in [4.69, 9.17) is 10.5 Å². The molecule has 0 saturated carbocycles. The first-order chi connectivity index (χ1) is 9.06. The first kappa shape index (κ1) is 15.4. The van der Waals surface area contributed by atoms with Crippen LogP contribution in [0.2, 0.25) is 0 Å². The molecule has 106 valence electrons. The number of halogens is 1. The van der Waals surface area contributed by atoms with Gasteiger partial charge >= 0.3 is 0 Å². The molecule has 0 aliphatic heterocycles. The molecule has 1 amide bonds. The van der Waals surface area contributed by atoms with E-state index < -0.39 is 5.91 Å². The number of nitrogens with zero attached hydrogens (tertiary/aromatic N) is 1. The van der Waals surface area contributed by atoms with Crippen molar-refractivity contribution in [1.82, 2.24) is 5.32 Å². The molecule has 0 heterocycles. The van der Waals surface area contributed by atoms with Crippen molar-refractivity contribution in [2.45, 2.75) is 6.54 Å². The number of carbonyl (C=O) groups excluding carboxylic acids is 1. The van der Waals surface area contributed by atoms with Crippen molar-refractivity contribution in [2.24, 2.45) is 5.73 Å². The molecule has 0 spiro atoms. The van der Waals surface area contributed by atoms with E-state index >= 15 is 0 Å². The first-order valence-corrected chi connectivity index (χ1v) is 6.02. The van der Waals surface area contributed by atoms with Crippen LogP contribution in [0.1, 0.15) is 5.56 Å². The molecular formula is C13H20FN3O2. The van der Waals surface area contributed by atoms with E-state index in [1.165, 1.54) is 6.07 Å². The SMILES string of the molecule is COCCNCc1c(F)cccc1N(C)CC(N)=O. The van der Waals surface area contributed by atoms with Crippen molar-refractivity contribution in [2.75, 3.05) is 38.8 Å². The Morgan fingerprint density at radius 1 is 1.53 bits per heavy atom. The van der Waals surface area contributed by atoms with Gasteiger partial charge in [0.1, 0.15) is 5.82 Å². The zero-order valence-electron chi connectivity index (χ0n) is 11.3. The molecule has 0 aliphatic rings. The number of likely N-dealkylation sites (N-methyl/N-ethyl adjacent to an activating group) is 1. The number of nitrogens with one attached hydrogen (secondary N) is 1. The quantitative estimate of drug-likeness (QED) is 0.674. The Bertz CT molecular complexity index is 426. The van der Waals surface area contributed by atoms with Gasteiger partial charge in [0.15, 0.2) is 0 Å². The van der Waals surface area contributed by atoms with Gasteiger partial charge in [-0.2, -0.15) is 0 Å². The van der Waals surface area contributed by atoms with Crippen molar-refractivity contribution in [3.05, 3.63) is 29.6 Å². The van der Waals surface area contributed by atoms with Gasteiger partial charge in [0.25, 0.3) is 0 Å². The lowest BCUT2D eigenvalue weighted by Crippen LogP contribution is -2.32. The van der Waals surface area contributed by atoms with Gasteiger partial charge in [0.2, 0.25) is 5.91 Å². The third kappa shape index (κ3) is 4.84. The van der Waals surface area contributed by atoms with Crippen LogP contribution in [0.25, 0.3) is 0 Å². The van der Waals surface area contributed by atoms with Crippen LogP contribution in [0.15, 0.2) is 18.2 Å². The number of amides is 1. The zero-order chi connectivity index (χ0) is 14.3. The normalized spacial score (nSPS) is 10.5. The maximum Gasteiger partial charge on any atom is 0.236 e. The molecular weight excluding hydrogens is 249 g/mol. The van der Waals surface area contributed by atoms with Gasteiger partial charge in [0, 0.05) is 38.5 Å². The van der Waals surface area contributed by atoms with Gasteiger partial charge < -0.3 is 20.7 Å². The highest BCUT2D eigenvalue weighted by Gasteiger charge is 2.12. The van der Waals surface area contributed by atoms with E-state index in [-0.39, 0.29) is 12.4 Å². The van der Waals surface area contributed by atoms with Crippen LogP contribution < -0.4 is 16.0 Å². The third-order valence-electron chi connectivity index (χ3n) is 2.68. The van der Waals surface area contributed by atoms with Crippen LogP contribution in [0, 0.1) is 5.82 Å². The van der Waals surface area contributed by atoms with E-state index in [2.05, 4.69) is 5.32 Å². The number of hydrogen-bond donors (Lipinski definition) is 2. The number of primary amides is 1. The number of methoxy groups -OCH3 is 1. The minimum Gasteiger partial charge on any atom is -0.383 e. The van der Waals surface area contributed by atoms with Gasteiger partial charge in [-0.3, -0.25) is 4.79 Å². The Kier molecular flexibility index (Phi) is 6.24. The molecule has 0 saturated heterocycles. The van der Waals surface area contributed by atoms with Gasteiger partial charge in [-0.15, -0.1) is 0 Å². The topological polar surface area (TPSA) is 67.6 Å². The van der Waals surface area contributed by atoms with Crippen LogP contribution in [0.3, 0.4) is 0 Å². The van der Waals surface area contributed by atoms with Crippen molar-refractivity contribution >= 4 is 11.6 Å². The van der Waals surface area contributed by atoms with E-state index in [0.29, 0.717) is 30.9 Å². The Labute approximate surface area is 112 Å². The number of hydrogen-bond acceptors (Lipinski definition) is 4. The number of benzene rings is 1. The molecule has 0 bridgehead atoms. The fraction of sp³-hybridized carbons (Fsp3) is 0.462. The standard InChI is InChI=1S/C13H20FN3O2/c1-17(9-13(15)18)12-5-3-4-11(14)10(12)8-16-6-7-19-2/h3-5,16H,6-9H2,1-2H3,(H2,15,18). The van der Waals surface area contributed by atoms with Crippen LogP contribution >= 0.6 is 0 Å². The second kappa shape index (κ2) is 7.70. The summed E-state index contributed by atoms with van der Waals surface area (Å²) in [4.78, 5) is 12.6. The molecule has 19 heavy (non-hydrogen) atoms. The van der Waals surface area contributed by atoms with Crippen molar-refractivity contribution in [3.8, 4) is 0 Å². The lowest BCUT2D eigenvalue weighted by Gasteiger charge is -2.21. The summed E-state index contributed by atoms with van der Waals surface area (Å²) >= 11 is 0. The fourth-order valence-electron chi connectivity index (χ4n) is 1.79. The van der Waals surface area contributed by atoms with E-state index in [9.17, 15) is 9.18 Å². The second-order valence-electron chi connectivity index (χ2n) is 4.23. The summed E-state index contributed by atoms with van der Waals surface area (Å²) < 4.78 is 18.8. The highest BCUT2D eigenvalue weighted by Crippen LogP contribution is 2.22. The number of carbonyl (C=O) groups is 1. The van der Waals surface area contributed by atoms with E-state index in [1.807, 2.05) is 0 Å². The fourth-order valence-corrected chi connectivity index (χ4v) is 1.79. The number of rotatable bonds is 8. The Hall–Kier alpha value is -1.66. The van der Waals surface area contributed by atoms with Crippen LogP contribution in [0.4, 0.5) is 10.1 Å². The minimum absolute atomic E-state index is 0.0501. The number of anilines is 1. The molecule has 0 radical (unpaired) electrons. The lowest BCUT2D eigenvalue weighted by molar-refractivity contribution is -0.116. The van der Waals surface area contributed by atoms with Crippen molar-refractivity contribution in [3.63, 3.8) is 0 Å². The summed E-state index contributed by atoms with van der Waals surface area (Å²) in [6, 6.07) is 4.77. The summed E-state index contributed by atoms with van der Waals surface area (Å²) in [5.41, 5.74) is 6.32. The molecule has 0 aromatic heterocycles. The molecule has 1 rings (SSSR count). The number of nitrogens with two attached hydrogens (primary N) is 1. The molecule has 0 atom stereocenters. The minimum atomic E-state index is -0.454. The Morgan fingerprint density at radius 2 is 2.26 bits per heavy atom. The highest BCUT2D eigenvalue weighted by atomic mass is 19.1. The van der Waals surface area contributed by atoms with Crippen LogP contribution in [0.5, 0.6) is 0 Å². The van der Waals surface area contributed by atoms with Crippen LogP contribution in [-0.2, 0) is 16.1 Å². The predicted molar refractivity (Wildman–Crippen MR) is 72.4 cm³/mol. The Morgan fingerprint density at radius 3 is 2.89 bits per heavy atom. The molecule has 3 N–H and O–H groups in total. The van der Waals surface area contributed by atoms with Gasteiger partial charge in [-0.1, -0.05) is 6.07 Å². The summed E-state index contributed by atoms with van der Waals surface area (Å²) in [6.07, 6.45) is 0. The Balaban J connectivity index is 2.79. The third-order valence-corrected chi connectivity index (χ3v) is 2.68. The summed E-state index contributed by atoms with van der Waals surface area (Å²) in [5, 5.41) is 3.08. The summed E-state index contributed by atoms with van der Waals surface area (Å²) in [5.74, 6) is -0.760. The van der Waals surface area contributed by atoms with E-state index in [0.717, 1.165) is 0 Å². The van der Waals surface area contributed by atoms with Gasteiger partial charge in [0.05, 0.1) is 13.2 Å². The molecule has 0 unspecified atom stereocenters. The van der Waals surface area contributed by atoms with Crippen molar-refractivity contribution < 1.29 is 13.9 Å². The summed E-state index contributed by atoms with van der Waals surface area (Å²) in [6.45, 7) is 1.60. The average molecular weight is 269 g/mol. The first-order valence-electron chi connectivity index (χ1n) is 6.02. The predicted octanol–water partition coefficient (Wildman–Crippen LogP) is 0.483. The number of ether oxygens (including phenoxy) is 1. The summed E-state index contributed by atoms with van der Waals surface area (Å²) in [7, 11) is 3.31.